The van der Waals surface area contributed by atoms with Crippen molar-refractivity contribution in [1.82, 2.24) is 4.90 Å². The van der Waals surface area contributed by atoms with Gasteiger partial charge in [-0.3, -0.25) is 4.90 Å². The van der Waals surface area contributed by atoms with Crippen LogP contribution in [0.25, 0.3) is 0 Å². The average Bonchev–Trinajstić information content (AvgIpc) is 2.45. The zero-order valence-corrected chi connectivity index (χ0v) is 11.0. The zero-order valence-electron chi connectivity index (χ0n) is 11.0. The molecule has 2 N–H and O–H groups in total. The minimum atomic E-state index is 0.191. The lowest BCUT2D eigenvalue weighted by atomic mass is 10.1. The van der Waals surface area contributed by atoms with Gasteiger partial charge in [0.1, 0.15) is 5.75 Å². The Morgan fingerprint density at radius 1 is 1.44 bits per heavy atom. The number of hydrogen-bond acceptors (Lipinski definition) is 4. The summed E-state index contributed by atoms with van der Waals surface area (Å²) >= 11 is 0. The predicted molar refractivity (Wildman–Crippen MR) is 71.9 cm³/mol. The maximum absolute atomic E-state index is 5.65. The Balaban J connectivity index is 1.87. The first-order valence-corrected chi connectivity index (χ1v) is 6.49. The van der Waals surface area contributed by atoms with Crippen molar-refractivity contribution in [2.75, 3.05) is 39.9 Å². The minimum Gasteiger partial charge on any atom is -0.496 e. The molecule has 1 saturated heterocycles. The van der Waals surface area contributed by atoms with E-state index in [4.69, 9.17) is 15.2 Å². The molecule has 0 bridgehead atoms. The Morgan fingerprint density at radius 3 is 3.06 bits per heavy atom. The number of hydrogen-bond donors (Lipinski definition) is 1. The maximum Gasteiger partial charge on any atom is 0.122 e. The van der Waals surface area contributed by atoms with Gasteiger partial charge in [-0.25, -0.2) is 0 Å². The second-order valence-corrected chi connectivity index (χ2v) is 4.59. The summed E-state index contributed by atoms with van der Waals surface area (Å²) in [7, 11) is 1.72. The number of para-hydroxylation sites is 1. The molecule has 0 aromatic heterocycles. The van der Waals surface area contributed by atoms with Gasteiger partial charge in [-0.05, 0) is 18.1 Å². The molecule has 4 nitrogen and oxygen atoms in total. The van der Waals surface area contributed by atoms with Crippen LogP contribution in [0.4, 0.5) is 0 Å². The van der Waals surface area contributed by atoms with E-state index in [0.717, 1.165) is 38.4 Å². The Labute approximate surface area is 109 Å². The number of rotatable bonds is 5. The molecule has 1 atom stereocenters. The van der Waals surface area contributed by atoms with Gasteiger partial charge in [0.25, 0.3) is 0 Å². The average molecular weight is 250 g/mol. The molecular weight excluding hydrogens is 228 g/mol. The lowest BCUT2D eigenvalue weighted by Gasteiger charge is -2.32. The molecule has 2 rings (SSSR count). The van der Waals surface area contributed by atoms with E-state index in [2.05, 4.69) is 17.0 Å². The first kappa shape index (κ1) is 13.3. The van der Waals surface area contributed by atoms with Crippen molar-refractivity contribution in [2.45, 2.75) is 12.5 Å². The van der Waals surface area contributed by atoms with Crippen LogP contribution in [0.1, 0.15) is 5.56 Å². The molecular formula is C14H22N2O2. The molecule has 18 heavy (non-hydrogen) atoms. The van der Waals surface area contributed by atoms with Crippen molar-refractivity contribution in [3.63, 3.8) is 0 Å². The molecule has 1 fully saturated rings. The van der Waals surface area contributed by atoms with Crippen LogP contribution in [-0.4, -0.2) is 50.9 Å². The minimum absolute atomic E-state index is 0.191. The Bertz CT molecular complexity index is 371. The fraction of sp³-hybridized carbons (Fsp3) is 0.571. The highest BCUT2D eigenvalue weighted by Crippen LogP contribution is 2.18. The van der Waals surface area contributed by atoms with E-state index in [0.29, 0.717) is 6.54 Å². The second kappa shape index (κ2) is 6.73. The van der Waals surface area contributed by atoms with Crippen molar-refractivity contribution < 1.29 is 9.47 Å². The first-order chi connectivity index (χ1) is 8.83. The van der Waals surface area contributed by atoms with Crippen molar-refractivity contribution in [2.24, 2.45) is 5.73 Å². The maximum atomic E-state index is 5.65. The van der Waals surface area contributed by atoms with Gasteiger partial charge in [0, 0.05) is 26.2 Å². The van der Waals surface area contributed by atoms with Crippen molar-refractivity contribution >= 4 is 0 Å². The summed E-state index contributed by atoms with van der Waals surface area (Å²) in [5.41, 5.74) is 6.91. The first-order valence-electron chi connectivity index (χ1n) is 6.49. The fourth-order valence-corrected chi connectivity index (χ4v) is 2.31. The molecule has 0 saturated carbocycles. The third-order valence-corrected chi connectivity index (χ3v) is 3.38. The number of benzene rings is 1. The van der Waals surface area contributed by atoms with E-state index in [1.54, 1.807) is 7.11 Å². The number of nitrogens with zero attached hydrogens (tertiary/aromatic N) is 1. The van der Waals surface area contributed by atoms with Crippen LogP contribution >= 0.6 is 0 Å². The molecule has 1 aliphatic heterocycles. The van der Waals surface area contributed by atoms with Crippen molar-refractivity contribution in [3.8, 4) is 5.75 Å². The van der Waals surface area contributed by atoms with Crippen molar-refractivity contribution in [3.05, 3.63) is 29.8 Å². The number of nitrogens with two attached hydrogens (primary N) is 1. The normalized spacial score (nSPS) is 20.9. The smallest absolute Gasteiger partial charge is 0.122 e. The molecule has 1 aliphatic rings. The highest BCUT2D eigenvalue weighted by Gasteiger charge is 2.18. The molecule has 1 unspecified atom stereocenters. The molecule has 1 aromatic carbocycles. The molecule has 0 amide bonds. The van der Waals surface area contributed by atoms with E-state index in [1.165, 1.54) is 5.56 Å². The van der Waals surface area contributed by atoms with Crippen LogP contribution in [0, 0.1) is 0 Å². The van der Waals surface area contributed by atoms with Crippen LogP contribution in [-0.2, 0) is 11.2 Å². The Hall–Kier alpha value is -1.10. The third-order valence-electron chi connectivity index (χ3n) is 3.38. The van der Waals surface area contributed by atoms with Gasteiger partial charge in [0.05, 0.1) is 19.8 Å². The van der Waals surface area contributed by atoms with Gasteiger partial charge in [0.2, 0.25) is 0 Å². The summed E-state index contributed by atoms with van der Waals surface area (Å²) in [5, 5.41) is 0. The van der Waals surface area contributed by atoms with E-state index >= 15 is 0 Å². The van der Waals surface area contributed by atoms with Crippen LogP contribution < -0.4 is 10.5 Å². The lowest BCUT2D eigenvalue weighted by molar-refractivity contribution is -0.0226. The number of morpholine rings is 1. The molecule has 1 heterocycles. The van der Waals surface area contributed by atoms with Gasteiger partial charge >= 0.3 is 0 Å². The summed E-state index contributed by atoms with van der Waals surface area (Å²) in [4.78, 5) is 2.41. The van der Waals surface area contributed by atoms with Crippen molar-refractivity contribution in [1.29, 1.82) is 0 Å². The largest absolute Gasteiger partial charge is 0.496 e. The summed E-state index contributed by atoms with van der Waals surface area (Å²) in [6.45, 7) is 4.34. The Morgan fingerprint density at radius 2 is 2.28 bits per heavy atom. The Kier molecular flexibility index (Phi) is 4.99. The van der Waals surface area contributed by atoms with E-state index in [9.17, 15) is 0 Å². The molecule has 1 aromatic rings. The summed E-state index contributed by atoms with van der Waals surface area (Å²) in [6.07, 6.45) is 1.19. The summed E-state index contributed by atoms with van der Waals surface area (Å²) in [5.74, 6) is 0.973. The lowest BCUT2D eigenvalue weighted by Crippen LogP contribution is -2.46. The highest BCUT2D eigenvalue weighted by molar-refractivity contribution is 5.33. The highest BCUT2D eigenvalue weighted by atomic mass is 16.5. The van der Waals surface area contributed by atoms with Crippen LogP contribution in [0.2, 0.25) is 0 Å². The van der Waals surface area contributed by atoms with E-state index in [-0.39, 0.29) is 6.10 Å². The number of methoxy groups -OCH3 is 1. The zero-order chi connectivity index (χ0) is 12.8. The molecule has 0 radical (unpaired) electrons. The molecule has 0 aliphatic carbocycles. The predicted octanol–water partition coefficient (Wildman–Crippen LogP) is 0.897. The topological polar surface area (TPSA) is 47.7 Å². The molecule has 0 spiro atoms. The quantitative estimate of drug-likeness (QED) is 0.843. The van der Waals surface area contributed by atoms with Crippen LogP contribution in [0.3, 0.4) is 0 Å². The van der Waals surface area contributed by atoms with Gasteiger partial charge in [-0.2, -0.15) is 0 Å². The summed E-state index contributed by atoms with van der Waals surface area (Å²) < 4.78 is 10.9. The summed E-state index contributed by atoms with van der Waals surface area (Å²) in [6, 6.07) is 8.19. The third kappa shape index (κ3) is 3.45. The second-order valence-electron chi connectivity index (χ2n) is 4.59. The monoisotopic (exact) mass is 250 g/mol. The standard InChI is InChI=1S/C14H22N2O2/c1-17-14-5-3-2-4-12(14)6-7-16-8-9-18-13(10-15)11-16/h2-5,13H,6-11,15H2,1H3. The van der Waals surface area contributed by atoms with Gasteiger partial charge in [0.15, 0.2) is 0 Å². The molecule has 4 heteroatoms. The van der Waals surface area contributed by atoms with Gasteiger partial charge < -0.3 is 15.2 Å². The fourth-order valence-electron chi connectivity index (χ4n) is 2.31. The van der Waals surface area contributed by atoms with Crippen LogP contribution in [0.5, 0.6) is 5.75 Å². The van der Waals surface area contributed by atoms with Gasteiger partial charge in [-0.1, -0.05) is 18.2 Å². The molecule has 100 valence electrons. The van der Waals surface area contributed by atoms with E-state index < -0.39 is 0 Å². The SMILES string of the molecule is COc1ccccc1CCN1CCOC(CN)C1. The van der Waals surface area contributed by atoms with Crippen LogP contribution in [0.15, 0.2) is 24.3 Å². The van der Waals surface area contributed by atoms with Gasteiger partial charge in [-0.15, -0.1) is 0 Å². The van der Waals surface area contributed by atoms with E-state index in [1.807, 2.05) is 12.1 Å². The number of ether oxygens (including phenoxy) is 2.